The number of halogens is 1. The van der Waals surface area contributed by atoms with Crippen molar-refractivity contribution in [3.05, 3.63) is 78.4 Å². The fraction of sp³-hybridized carbons (Fsp3) is 0.348. The molecule has 2 aromatic rings. The zero-order valence-electron chi connectivity index (χ0n) is 15.6. The topological polar surface area (TPSA) is 55.8 Å². The molecule has 1 spiro atoms. The number of ether oxygens (including phenoxy) is 2. The van der Waals surface area contributed by atoms with E-state index in [1.54, 1.807) is 36.4 Å². The number of carbonyl (C=O) groups excluding carboxylic acids is 1. The number of fused-ring (bicyclic) bond motifs is 1. The van der Waals surface area contributed by atoms with Crippen LogP contribution in [0.15, 0.2) is 67.3 Å². The largest absolute Gasteiger partial charge is 0.448 e. The van der Waals surface area contributed by atoms with E-state index in [9.17, 15) is 9.90 Å². The summed E-state index contributed by atoms with van der Waals surface area (Å²) >= 11 is 0. The molecule has 1 saturated carbocycles. The van der Waals surface area contributed by atoms with Crippen LogP contribution in [-0.4, -0.2) is 28.1 Å². The summed E-state index contributed by atoms with van der Waals surface area (Å²) in [6, 6.07) is 15.7. The first-order valence-electron chi connectivity index (χ1n) is 9.51. The van der Waals surface area contributed by atoms with Gasteiger partial charge < -0.3 is 14.6 Å². The van der Waals surface area contributed by atoms with Gasteiger partial charge in [-0.05, 0) is 37.0 Å². The molecule has 28 heavy (non-hydrogen) atoms. The maximum absolute atomic E-state index is 17.0. The molecule has 0 amide bonds. The molecule has 1 aliphatic heterocycles. The molecular formula is C23H23FO4. The van der Waals surface area contributed by atoms with Crippen LogP contribution in [-0.2, 0) is 11.2 Å². The number of esters is 1. The van der Waals surface area contributed by atoms with Crippen LogP contribution < -0.4 is 4.74 Å². The number of aliphatic hydroxyl groups is 1. The highest BCUT2D eigenvalue weighted by Gasteiger charge is 2.71. The van der Waals surface area contributed by atoms with Crippen molar-refractivity contribution < 1.29 is 23.8 Å². The molecule has 5 heteroatoms. The number of para-hydroxylation sites is 1. The summed E-state index contributed by atoms with van der Waals surface area (Å²) in [6.07, 6.45) is 2.23. The highest BCUT2D eigenvalue weighted by atomic mass is 19.1. The quantitative estimate of drug-likeness (QED) is 0.630. The second-order valence-corrected chi connectivity index (χ2v) is 7.58. The van der Waals surface area contributed by atoms with Crippen molar-refractivity contribution in [3.8, 4) is 5.75 Å². The average molecular weight is 382 g/mol. The van der Waals surface area contributed by atoms with Gasteiger partial charge in [-0.15, -0.1) is 6.58 Å². The molecule has 1 aliphatic carbocycles. The second kappa shape index (κ2) is 6.74. The summed E-state index contributed by atoms with van der Waals surface area (Å²) in [6.45, 7) is 3.68. The van der Waals surface area contributed by atoms with Crippen molar-refractivity contribution in [3.63, 3.8) is 0 Å². The van der Waals surface area contributed by atoms with Crippen LogP contribution in [0.2, 0.25) is 0 Å². The zero-order valence-corrected chi connectivity index (χ0v) is 15.6. The van der Waals surface area contributed by atoms with E-state index in [0.29, 0.717) is 12.0 Å². The number of carbonyl (C=O) groups is 1. The van der Waals surface area contributed by atoms with Crippen LogP contribution in [0.5, 0.6) is 5.75 Å². The first-order valence-corrected chi connectivity index (χ1v) is 9.51. The van der Waals surface area contributed by atoms with E-state index in [1.807, 2.05) is 18.2 Å². The number of benzene rings is 2. The number of hydrogen-bond donors (Lipinski definition) is 1. The Bertz CT molecular complexity index is 898. The van der Waals surface area contributed by atoms with E-state index in [-0.39, 0.29) is 37.0 Å². The Morgan fingerprint density at radius 3 is 2.54 bits per heavy atom. The summed E-state index contributed by atoms with van der Waals surface area (Å²) in [5.74, 6) is -2.26. The molecular weight excluding hydrogens is 359 g/mol. The van der Waals surface area contributed by atoms with Crippen molar-refractivity contribution in [2.45, 2.75) is 49.2 Å². The molecule has 2 aliphatic rings. The average Bonchev–Trinajstić information content (AvgIpc) is 2.68. The van der Waals surface area contributed by atoms with Crippen LogP contribution >= 0.6 is 0 Å². The van der Waals surface area contributed by atoms with Gasteiger partial charge in [-0.2, -0.15) is 0 Å². The summed E-state index contributed by atoms with van der Waals surface area (Å²) in [4.78, 5) is 12.7. The van der Waals surface area contributed by atoms with Crippen molar-refractivity contribution in [1.29, 1.82) is 0 Å². The molecule has 2 aromatic carbocycles. The molecule has 0 radical (unpaired) electrons. The summed E-state index contributed by atoms with van der Waals surface area (Å²) in [5, 5.41) is 11.4. The van der Waals surface area contributed by atoms with Gasteiger partial charge in [0.25, 0.3) is 5.79 Å². The molecule has 4 nitrogen and oxygen atoms in total. The van der Waals surface area contributed by atoms with Crippen LogP contribution in [0.25, 0.3) is 0 Å². The van der Waals surface area contributed by atoms with E-state index in [4.69, 9.17) is 9.47 Å². The lowest BCUT2D eigenvalue weighted by molar-refractivity contribution is -0.307. The van der Waals surface area contributed by atoms with Gasteiger partial charge in [0.15, 0.2) is 0 Å². The minimum atomic E-state index is -2.35. The van der Waals surface area contributed by atoms with Gasteiger partial charge in [-0.25, -0.2) is 9.18 Å². The molecule has 146 valence electrons. The first-order chi connectivity index (χ1) is 13.4. The highest BCUT2D eigenvalue weighted by molar-refractivity contribution is 5.93. The molecule has 1 unspecified atom stereocenters. The number of rotatable bonds is 4. The van der Waals surface area contributed by atoms with E-state index in [2.05, 4.69) is 6.58 Å². The summed E-state index contributed by atoms with van der Waals surface area (Å²) in [7, 11) is 0. The Morgan fingerprint density at radius 2 is 1.79 bits per heavy atom. The number of alkyl halides is 1. The lowest BCUT2D eigenvalue weighted by atomic mass is 9.64. The third kappa shape index (κ3) is 2.73. The lowest BCUT2D eigenvalue weighted by Gasteiger charge is -2.55. The Labute approximate surface area is 163 Å². The van der Waals surface area contributed by atoms with Crippen molar-refractivity contribution >= 4 is 5.97 Å². The third-order valence-corrected chi connectivity index (χ3v) is 5.85. The highest BCUT2D eigenvalue weighted by Crippen LogP contribution is 2.54. The molecule has 0 bridgehead atoms. The Balaban J connectivity index is 1.84. The Hall–Kier alpha value is -2.66. The van der Waals surface area contributed by atoms with Crippen molar-refractivity contribution in [2.75, 3.05) is 0 Å². The Kier molecular flexibility index (Phi) is 4.50. The Morgan fingerprint density at radius 1 is 1.07 bits per heavy atom. The normalized spacial score (nSPS) is 31.6. The van der Waals surface area contributed by atoms with Crippen LogP contribution in [0.1, 0.15) is 41.6 Å². The van der Waals surface area contributed by atoms with Gasteiger partial charge in [-0.3, -0.25) is 0 Å². The molecule has 1 N–H and O–H groups in total. The van der Waals surface area contributed by atoms with E-state index in [1.165, 1.54) is 6.08 Å². The minimum absolute atomic E-state index is 0.0284. The van der Waals surface area contributed by atoms with Gasteiger partial charge in [-0.1, -0.05) is 48.5 Å². The fourth-order valence-corrected chi connectivity index (χ4v) is 4.43. The minimum Gasteiger partial charge on any atom is -0.448 e. The van der Waals surface area contributed by atoms with E-state index in [0.717, 1.165) is 0 Å². The molecule has 3 atom stereocenters. The molecule has 4 rings (SSSR count). The maximum Gasteiger partial charge on any atom is 0.345 e. The van der Waals surface area contributed by atoms with E-state index >= 15 is 4.39 Å². The van der Waals surface area contributed by atoms with Crippen LogP contribution in [0.3, 0.4) is 0 Å². The van der Waals surface area contributed by atoms with Gasteiger partial charge in [0.2, 0.25) is 5.67 Å². The standard InChI is InChI=1S/C23H23FO4/c1-2-13-21(26)14-8-15-23(22(21,24)16-17-9-4-3-5-10-17)27-19-12-7-6-11-18(19)20(25)28-23/h2-7,9-12,26H,1,8,13-16H2/t21?,22-,23+/m0/s1. The smallest absolute Gasteiger partial charge is 0.345 e. The zero-order chi connectivity index (χ0) is 19.8. The molecule has 1 fully saturated rings. The van der Waals surface area contributed by atoms with Gasteiger partial charge >= 0.3 is 5.97 Å². The fourth-order valence-electron chi connectivity index (χ4n) is 4.43. The maximum atomic E-state index is 17.0. The number of hydrogen-bond acceptors (Lipinski definition) is 4. The summed E-state index contributed by atoms with van der Waals surface area (Å²) in [5.41, 5.74) is -3.17. The predicted octanol–water partition coefficient (Wildman–Crippen LogP) is 4.37. The molecule has 1 heterocycles. The van der Waals surface area contributed by atoms with Gasteiger partial charge in [0.1, 0.15) is 16.9 Å². The van der Waals surface area contributed by atoms with Crippen LogP contribution in [0.4, 0.5) is 4.39 Å². The monoisotopic (exact) mass is 382 g/mol. The van der Waals surface area contributed by atoms with E-state index < -0.39 is 23.0 Å². The van der Waals surface area contributed by atoms with Crippen molar-refractivity contribution in [1.82, 2.24) is 0 Å². The molecule has 0 saturated heterocycles. The lowest BCUT2D eigenvalue weighted by Crippen LogP contribution is -2.72. The first kappa shape index (κ1) is 18.7. The predicted molar refractivity (Wildman–Crippen MR) is 103 cm³/mol. The van der Waals surface area contributed by atoms with Crippen molar-refractivity contribution in [2.24, 2.45) is 0 Å². The second-order valence-electron chi connectivity index (χ2n) is 7.58. The SMILES string of the molecule is C=CCC1(O)CCC[C@@]2(OC(=O)c3ccccc3O2)[C@]1(F)Cc1ccccc1. The van der Waals surface area contributed by atoms with Crippen LogP contribution in [0, 0.1) is 0 Å². The van der Waals surface area contributed by atoms with Gasteiger partial charge in [0.05, 0.1) is 0 Å². The molecule has 0 aromatic heterocycles. The summed E-state index contributed by atoms with van der Waals surface area (Å²) < 4.78 is 28.7. The van der Waals surface area contributed by atoms with Gasteiger partial charge in [0, 0.05) is 12.8 Å². The third-order valence-electron chi connectivity index (χ3n) is 5.85.